The third-order valence-electron chi connectivity index (χ3n) is 4.39. The predicted molar refractivity (Wildman–Crippen MR) is 79.3 cm³/mol. The van der Waals surface area contributed by atoms with E-state index in [2.05, 4.69) is 30.1 Å². The van der Waals surface area contributed by atoms with E-state index in [1.165, 1.54) is 31.2 Å². The Morgan fingerprint density at radius 2 is 2.11 bits per heavy atom. The maximum Gasteiger partial charge on any atom is 0.111 e. The number of benzene rings is 1. The zero-order chi connectivity index (χ0) is 13.2. The van der Waals surface area contributed by atoms with Crippen molar-refractivity contribution in [3.8, 4) is 0 Å². The van der Waals surface area contributed by atoms with Gasteiger partial charge in [0.2, 0.25) is 0 Å². The fourth-order valence-electron chi connectivity index (χ4n) is 3.15. The number of fused-ring (bicyclic) bond motifs is 1. The van der Waals surface area contributed by atoms with Crippen molar-refractivity contribution in [1.82, 2.24) is 9.97 Å². The zero-order valence-electron chi connectivity index (χ0n) is 11.7. The summed E-state index contributed by atoms with van der Waals surface area (Å²) in [5.74, 6) is 1.50. The van der Waals surface area contributed by atoms with Gasteiger partial charge in [0.25, 0.3) is 0 Å². The second-order valence-corrected chi connectivity index (χ2v) is 5.74. The lowest BCUT2D eigenvalue weighted by Crippen LogP contribution is -2.27. The lowest BCUT2D eigenvalue weighted by molar-refractivity contribution is 0.488. The van der Waals surface area contributed by atoms with Crippen molar-refractivity contribution in [3.63, 3.8) is 0 Å². The fraction of sp³-hybridized carbons (Fsp3) is 0.562. The minimum Gasteiger partial charge on any atom is -0.342 e. The molecular formula is C16H23N3. The van der Waals surface area contributed by atoms with Crippen molar-refractivity contribution in [1.29, 1.82) is 0 Å². The van der Waals surface area contributed by atoms with Crippen molar-refractivity contribution in [2.75, 3.05) is 0 Å². The van der Waals surface area contributed by atoms with Crippen LogP contribution in [-0.4, -0.2) is 16.0 Å². The summed E-state index contributed by atoms with van der Waals surface area (Å²) in [4.78, 5) is 8.28. The van der Waals surface area contributed by atoms with E-state index in [0.717, 1.165) is 29.7 Å². The molecule has 0 saturated heterocycles. The van der Waals surface area contributed by atoms with Crippen LogP contribution >= 0.6 is 0 Å². The average Bonchev–Trinajstić information content (AvgIpc) is 2.72. The van der Waals surface area contributed by atoms with Gasteiger partial charge in [0.05, 0.1) is 11.0 Å². The van der Waals surface area contributed by atoms with E-state index in [4.69, 9.17) is 10.7 Å². The van der Waals surface area contributed by atoms with Crippen LogP contribution < -0.4 is 5.73 Å². The molecule has 1 saturated carbocycles. The Labute approximate surface area is 114 Å². The quantitative estimate of drug-likeness (QED) is 0.809. The number of imidazole rings is 1. The fourth-order valence-corrected chi connectivity index (χ4v) is 3.15. The molecular weight excluding hydrogens is 234 g/mol. The SMILES string of the molecule is CCc1ccc2nc(C3CCCCCC3N)[nH]c2c1. The van der Waals surface area contributed by atoms with Gasteiger partial charge >= 0.3 is 0 Å². The van der Waals surface area contributed by atoms with Crippen LogP contribution in [0.4, 0.5) is 0 Å². The first-order valence-corrected chi connectivity index (χ1v) is 7.52. The van der Waals surface area contributed by atoms with Gasteiger partial charge in [-0.15, -0.1) is 0 Å². The van der Waals surface area contributed by atoms with E-state index in [9.17, 15) is 0 Å². The van der Waals surface area contributed by atoms with Crippen LogP contribution in [0.1, 0.15) is 56.3 Å². The van der Waals surface area contributed by atoms with Crippen LogP contribution in [0.5, 0.6) is 0 Å². The number of H-pyrrole nitrogens is 1. The molecule has 2 atom stereocenters. The van der Waals surface area contributed by atoms with Gasteiger partial charge in [-0.25, -0.2) is 4.98 Å². The molecule has 2 aromatic rings. The lowest BCUT2D eigenvalue weighted by atomic mass is 9.95. The van der Waals surface area contributed by atoms with Crippen molar-refractivity contribution >= 4 is 11.0 Å². The number of aromatic nitrogens is 2. The highest BCUT2D eigenvalue weighted by Gasteiger charge is 2.24. The Morgan fingerprint density at radius 3 is 2.95 bits per heavy atom. The van der Waals surface area contributed by atoms with E-state index in [0.29, 0.717) is 5.92 Å². The van der Waals surface area contributed by atoms with E-state index in [-0.39, 0.29) is 6.04 Å². The molecule has 1 aromatic carbocycles. The largest absolute Gasteiger partial charge is 0.342 e. The molecule has 1 aliphatic carbocycles. The number of aromatic amines is 1. The second-order valence-electron chi connectivity index (χ2n) is 5.74. The second kappa shape index (κ2) is 5.33. The molecule has 1 heterocycles. The summed E-state index contributed by atoms with van der Waals surface area (Å²) in [5, 5.41) is 0. The molecule has 0 bridgehead atoms. The summed E-state index contributed by atoms with van der Waals surface area (Å²) in [6.45, 7) is 2.18. The first-order valence-electron chi connectivity index (χ1n) is 7.52. The molecule has 2 unspecified atom stereocenters. The van der Waals surface area contributed by atoms with Gasteiger partial charge in [0, 0.05) is 12.0 Å². The van der Waals surface area contributed by atoms with Crippen molar-refractivity contribution in [2.24, 2.45) is 5.73 Å². The number of aryl methyl sites for hydroxylation is 1. The topological polar surface area (TPSA) is 54.7 Å². The number of hydrogen-bond donors (Lipinski definition) is 2. The van der Waals surface area contributed by atoms with Gasteiger partial charge < -0.3 is 10.7 Å². The van der Waals surface area contributed by atoms with Crippen LogP contribution in [0.25, 0.3) is 11.0 Å². The molecule has 0 amide bonds. The molecule has 3 rings (SSSR count). The zero-order valence-corrected chi connectivity index (χ0v) is 11.7. The summed E-state index contributed by atoms with van der Waals surface area (Å²) in [6, 6.07) is 6.76. The number of nitrogens with two attached hydrogens (primary N) is 1. The minimum absolute atomic E-state index is 0.258. The molecule has 3 heteroatoms. The van der Waals surface area contributed by atoms with Crippen molar-refractivity contribution in [3.05, 3.63) is 29.6 Å². The summed E-state index contributed by atoms with van der Waals surface area (Å²) in [7, 11) is 0. The third-order valence-corrected chi connectivity index (χ3v) is 4.39. The molecule has 0 radical (unpaired) electrons. The minimum atomic E-state index is 0.258. The Kier molecular flexibility index (Phi) is 3.56. The normalized spacial score (nSPS) is 24.5. The predicted octanol–water partition coefficient (Wildman–Crippen LogP) is 3.50. The van der Waals surface area contributed by atoms with Gasteiger partial charge in [-0.3, -0.25) is 0 Å². The van der Waals surface area contributed by atoms with Crippen LogP contribution in [0.2, 0.25) is 0 Å². The molecule has 1 aliphatic rings. The van der Waals surface area contributed by atoms with E-state index in [1.54, 1.807) is 0 Å². The van der Waals surface area contributed by atoms with E-state index >= 15 is 0 Å². The van der Waals surface area contributed by atoms with Crippen LogP contribution in [0.15, 0.2) is 18.2 Å². The number of hydrogen-bond acceptors (Lipinski definition) is 2. The molecule has 0 spiro atoms. The Bertz CT molecular complexity index is 558. The third kappa shape index (κ3) is 2.52. The Hall–Kier alpha value is -1.35. The summed E-state index contributed by atoms with van der Waals surface area (Å²) in [6.07, 6.45) is 7.20. The molecule has 3 nitrogen and oxygen atoms in total. The number of nitrogens with zero attached hydrogens (tertiary/aromatic N) is 1. The van der Waals surface area contributed by atoms with Crippen LogP contribution in [0.3, 0.4) is 0 Å². The molecule has 19 heavy (non-hydrogen) atoms. The van der Waals surface area contributed by atoms with Crippen LogP contribution in [0, 0.1) is 0 Å². The standard InChI is InChI=1S/C16H23N3/c1-2-11-8-9-14-15(10-11)19-16(18-14)12-6-4-3-5-7-13(12)17/h8-10,12-13H,2-7,17H2,1H3,(H,18,19). The summed E-state index contributed by atoms with van der Waals surface area (Å²) >= 11 is 0. The van der Waals surface area contributed by atoms with Crippen molar-refractivity contribution in [2.45, 2.75) is 57.4 Å². The maximum absolute atomic E-state index is 6.33. The highest BCUT2D eigenvalue weighted by molar-refractivity contribution is 5.76. The first kappa shape index (κ1) is 12.7. The molecule has 1 fully saturated rings. The van der Waals surface area contributed by atoms with E-state index in [1.807, 2.05) is 0 Å². The number of nitrogens with one attached hydrogen (secondary N) is 1. The van der Waals surface area contributed by atoms with Crippen molar-refractivity contribution < 1.29 is 0 Å². The Morgan fingerprint density at radius 1 is 1.26 bits per heavy atom. The van der Waals surface area contributed by atoms with Gasteiger partial charge in [-0.2, -0.15) is 0 Å². The molecule has 1 aromatic heterocycles. The van der Waals surface area contributed by atoms with Crippen LogP contribution in [-0.2, 0) is 6.42 Å². The smallest absolute Gasteiger partial charge is 0.111 e. The van der Waals surface area contributed by atoms with Gasteiger partial charge in [-0.1, -0.05) is 32.3 Å². The van der Waals surface area contributed by atoms with E-state index < -0.39 is 0 Å². The molecule has 102 valence electrons. The molecule has 3 N–H and O–H groups in total. The number of rotatable bonds is 2. The van der Waals surface area contributed by atoms with Gasteiger partial charge in [-0.05, 0) is 37.0 Å². The lowest BCUT2D eigenvalue weighted by Gasteiger charge is -2.18. The monoisotopic (exact) mass is 257 g/mol. The van der Waals surface area contributed by atoms with Gasteiger partial charge in [0.15, 0.2) is 0 Å². The van der Waals surface area contributed by atoms with Gasteiger partial charge in [0.1, 0.15) is 5.82 Å². The Balaban J connectivity index is 1.95. The summed E-state index contributed by atoms with van der Waals surface area (Å²) in [5.41, 5.74) is 9.91. The highest BCUT2D eigenvalue weighted by atomic mass is 14.9. The average molecular weight is 257 g/mol. The summed E-state index contributed by atoms with van der Waals surface area (Å²) < 4.78 is 0. The highest BCUT2D eigenvalue weighted by Crippen LogP contribution is 2.30. The molecule has 0 aliphatic heterocycles. The first-order chi connectivity index (χ1) is 9.28. The maximum atomic E-state index is 6.33.